The highest BCUT2D eigenvalue weighted by Gasteiger charge is 2.20. The number of anilines is 1. The number of carbonyl (C=O) groups excluding carboxylic acids is 1. The smallest absolute Gasteiger partial charge is 0.124 e. The molecule has 0 aliphatic carbocycles. The Kier molecular flexibility index (Phi) is 6.24. The van der Waals surface area contributed by atoms with E-state index in [9.17, 15) is 15.0 Å². The van der Waals surface area contributed by atoms with Crippen molar-refractivity contribution in [2.24, 2.45) is 5.92 Å². The summed E-state index contributed by atoms with van der Waals surface area (Å²) in [6.07, 6.45) is 1.39. The minimum absolute atomic E-state index is 0.00811. The predicted octanol–water partition coefficient (Wildman–Crippen LogP) is 2.93. The van der Waals surface area contributed by atoms with Gasteiger partial charge in [-0.05, 0) is 60.2 Å². The molecule has 5 heteroatoms. The zero-order chi connectivity index (χ0) is 19.3. The normalized spacial score (nSPS) is 11.8. The number of carbonyl (C=O) groups is 1. The maximum absolute atomic E-state index is 11.8. The number of aryl methyl sites for hydroxylation is 1. The van der Waals surface area contributed by atoms with Crippen molar-refractivity contribution >= 4 is 11.7 Å². The summed E-state index contributed by atoms with van der Waals surface area (Å²) in [7, 11) is 0. The van der Waals surface area contributed by atoms with Crippen LogP contribution in [-0.2, 0) is 17.6 Å². The second-order valence-electron chi connectivity index (χ2n) is 6.73. The van der Waals surface area contributed by atoms with Crippen molar-refractivity contribution < 1.29 is 15.0 Å². The number of carboxylic acids is 1. The van der Waals surface area contributed by atoms with Crippen LogP contribution in [0.1, 0.15) is 49.1 Å². The van der Waals surface area contributed by atoms with Gasteiger partial charge in [0.1, 0.15) is 5.75 Å². The van der Waals surface area contributed by atoms with Crippen LogP contribution in [0.15, 0.2) is 36.4 Å². The van der Waals surface area contributed by atoms with E-state index < -0.39 is 12.0 Å². The first kappa shape index (κ1) is 19.3. The lowest BCUT2D eigenvalue weighted by Crippen LogP contribution is -2.34. The second-order valence-corrected chi connectivity index (χ2v) is 6.73. The predicted molar refractivity (Wildman–Crippen MR) is 98.6 cm³/mol. The van der Waals surface area contributed by atoms with E-state index in [2.05, 4.69) is 5.32 Å². The van der Waals surface area contributed by atoms with Crippen molar-refractivity contribution in [2.75, 3.05) is 5.32 Å². The van der Waals surface area contributed by atoms with E-state index in [1.807, 2.05) is 32.9 Å². The minimum atomic E-state index is -1.33. The molecule has 0 saturated carbocycles. The summed E-state index contributed by atoms with van der Waals surface area (Å²) < 4.78 is 0. The zero-order valence-corrected chi connectivity index (χ0v) is 15.2. The van der Waals surface area contributed by atoms with E-state index >= 15 is 0 Å². The van der Waals surface area contributed by atoms with E-state index in [-0.39, 0.29) is 5.75 Å². The summed E-state index contributed by atoms with van der Waals surface area (Å²) in [5.41, 5.74) is 3.01. The maximum atomic E-state index is 11.8. The monoisotopic (exact) mass is 351 g/mol. The first-order valence-corrected chi connectivity index (χ1v) is 8.67. The minimum Gasteiger partial charge on any atom is -0.548 e. The summed E-state index contributed by atoms with van der Waals surface area (Å²) >= 11 is 0. The summed E-state index contributed by atoms with van der Waals surface area (Å²) in [6.45, 7) is 6.07. The molecule has 0 amide bonds. The Morgan fingerprint density at radius 3 is 2.42 bits per heavy atom. The van der Waals surface area contributed by atoms with Crippen molar-refractivity contribution in [1.29, 1.82) is 5.26 Å². The number of carboxylic acid groups (broad SMARTS) is 1. The molecule has 0 aliphatic rings. The summed E-state index contributed by atoms with van der Waals surface area (Å²) in [5, 5.41) is 34.2. The average Bonchev–Trinajstić information content (AvgIpc) is 2.61. The Morgan fingerprint density at radius 1 is 1.27 bits per heavy atom. The SMILES string of the molecule is CCc1cc(CC(C)C)c(O)c(C(Nc2ccc(C#N)cc2)C(=O)[O-])c1. The van der Waals surface area contributed by atoms with Gasteiger partial charge in [-0.15, -0.1) is 0 Å². The van der Waals surface area contributed by atoms with Gasteiger partial charge >= 0.3 is 0 Å². The quantitative estimate of drug-likeness (QED) is 0.799. The van der Waals surface area contributed by atoms with Gasteiger partial charge in [-0.3, -0.25) is 0 Å². The summed E-state index contributed by atoms with van der Waals surface area (Å²) in [5.74, 6) is -1.01. The lowest BCUT2D eigenvalue weighted by Gasteiger charge is -2.24. The fraction of sp³-hybridized carbons (Fsp3) is 0.333. The number of aliphatic carboxylic acids is 1. The van der Waals surface area contributed by atoms with Gasteiger partial charge in [0, 0.05) is 11.3 Å². The number of benzene rings is 2. The number of nitriles is 1. The van der Waals surface area contributed by atoms with Crippen LogP contribution in [0.2, 0.25) is 0 Å². The largest absolute Gasteiger partial charge is 0.548 e. The molecule has 2 aromatic carbocycles. The summed E-state index contributed by atoms with van der Waals surface area (Å²) in [6, 6.07) is 10.9. The van der Waals surface area contributed by atoms with E-state index in [0.29, 0.717) is 29.2 Å². The first-order valence-electron chi connectivity index (χ1n) is 8.67. The Balaban J connectivity index is 2.45. The highest BCUT2D eigenvalue weighted by atomic mass is 16.4. The number of phenolic OH excluding ortho intramolecular Hbond substituents is 1. The molecule has 2 aromatic rings. The fourth-order valence-electron chi connectivity index (χ4n) is 2.88. The van der Waals surface area contributed by atoms with Crippen LogP contribution in [0.5, 0.6) is 5.75 Å². The molecular formula is C21H23N2O3-. The second kappa shape index (κ2) is 8.39. The fourth-order valence-corrected chi connectivity index (χ4v) is 2.88. The number of rotatable bonds is 7. The van der Waals surface area contributed by atoms with Crippen molar-refractivity contribution in [3.8, 4) is 11.8 Å². The van der Waals surface area contributed by atoms with Gasteiger partial charge in [-0.2, -0.15) is 5.26 Å². The topological polar surface area (TPSA) is 96.2 Å². The van der Waals surface area contributed by atoms with Crippen molar-refractivity contribution in [3.05, 3.63) is 58.7 Å². The number of nitrogens with one attached hydrogen (secondary N) is 1. The molecule has 0 heterocycles. The molecule has 26 heavy (non-hydrogen) atoms. The number of hydrogen-bond donors (Lipinski definition) is 2. The Hall–Kier alpha value is -3.00. The number of nitrogens with zero attached hydrogens (tertiary/aromatic N) is 1. The molecule has 2 rings (SSSR count). The molecule has 2 N–H and O–H groups in total. The van der Waals surface area contributed by atoms with Crippen LogP contribution in [0.4, 0.5) is 5.69 Å². The van der Waals surface area contributed by atoms with Crippen LogP contribution >= 0.6 is 0 Å². The standard InChI is InChI=1S/C21H24N2O3/c1-4-14-10-16(9-13(2)3)20(24)18(11-14)19(21(25)26)23-17-7-5-15(12-22)6-8-17/h5-8,10-11,13,19,23-24H,4,9H2,1-3H3,(H,25,26)/p-1. The van der Waals surface area contributed by atoms with Crippen LogP contribution in [0.25, 0.3) is 0 Å². The van der Waals surface area contributed by atoms with Crippen molar-refractivity contribution in [1.82, 2.24) is 0 Å². The molecule has 0 spiro atoms. The van der Waals surface area contributed by atoms with Gasteiger partial charge in [0.15, 0.2) is 0 Å². The zero-order valence-electron chi connectivity index (χ0n) is 15.2. The molecule has 0 aromatic heterocycles. The average molecular weight is 351 g/mol. The molecule has 136 valence electrons. The van der Waals surface area contributed by atoms with Crippen molar-refractivity contribution in [2.45, 2.75) is 39.7 Å². The van der Waals surface area contributed by atoms with Crippen LogP contribution in [0.3, 0.4) is 0 Å². The number of hydrogen-bond acceptors (Lipinski definition) is 5. The van der Waals surface area contributed by atoms with E-state index in [4.69, 9.17) is 5.26 Å². The van der Waals surface area contributed by atoms with Gasteiger partial charge in [-0.1, -0.05) is 26.8 Å². The first-order chi connectivity index (χ1) is 12.3. The van der Waals surface area contributed by atoms with E-state index in [0.717, 1.165) is 17.5 Å². The maximum Gasteiger partial charge on any atom is 0.124 e. The van der Waals surface area contributed by atoms with Gasteiger partial charge in [0.25, 0.3) is 0 Å². The van der Waals surface area contributed by atoms with Gasteiger partial charge in [0.05, 0.1) is 23.6 Å². The van der Waals surface area contributed by atoms with Crippen LogP contribution < -0.4 is 10.4 Å². The number of phenols is 1. The molecular weight excluding hydrogens is 328 g/mol. The highest BCUT2D eigenvalue weighted by Crippen LogP contribution is 2.33. The lowest BCUT2D eigenvalue weighted by molar-refractivity contribution is -0.307. The summed E-state index contributed by atoms with van der Waals surface area (Å²) in [4.78, 5) is 11.8. The van der Waals surface area contributed by atoms with E-state index in [1.165, 1.54) is 0 Å². The molecule has 0 saturated heterocycles. The molecule has 0 fully saturated rings. The third kappa shape index (κ3) is 4.54. The molecule has 0 aliphatic heterocycles. The van der Waals surface area contributed by atoms with Gasteiger partial charge in [0.2, 0.25) is 0 Å². The molecule has 1 atom stereocenters. The Morgan fingerprint density at radius 2 is 1.92 bits per heavy atom. The van der Waals surface area contributed by atoms with Gasteiger partial charge < -0.3 is 20.3 Å². The van der Waals surface area contributed by atoms with Crippen LogP contribution in [-0.4, -0.2) is 11.1 Å². The third-order valence-electron chi connectivity index (χ3n) is 4.19. The van der Waals surface area contributed by atoms with E-state index in [1.54, 1.807) is 30.3 Å². The highest BCUT2D eigenvalue weighted by molar-refractivity contribution is 5.79. The number of aromatic hydroxyl groups is 1. The molecule has 1 unspecified atom stereocenters. The third-order valence-corrected chi connectivity index (χ3v) is 4.19. The molecule has 5 nitrogen and oxygen atoms in total. The molecule has 0 bridgehead atoms. The van der Waals surface area contributed by atoms with Gasteiger partial charge in [-0.25, -0.2) is 0 Å². The Bertz CT molecular complexity index is 820. The van der Waals surface area contributed by atoms with Crippen LogP contribution in [0, 0.1) is 17.2 Å². The van der Waals surface area contributed by atoms with Crippen molar-refractivity contribution in [3.63, 3.8) is 0 Å². The molecule has 0 radical (unpaired) electrons. The lowest BCUT2D eigenvalue weighted by atomic mass is 9.93. The Labute approximate surface area is 153 Å².